The molecule has 0 fully saturated rings. The van der Waals surface area contributed by atoms with Crippen molar-refractivity contribution in [2.45, 2.75) is 20.8 Å². The number of aromatic nitrogens is 2. The molecule has 3 rings (SSSR count). The summed E-state index contributed by atoms with van der Waals surface area (Å²) < 4.78 is 4.64. The number of nitrogens with one attached hydrogen (secondary N) is 2. The first-order valence-electron chi connectivity index (χ1n) is 8.52. The van der Waals surface area contributed by atoms with Crippen molar-refractivity contribution in [3.63, 3.8) is 0 Å². The molecule has 0 saturated heterocycles. The highest BCUT2D eigenvalue weighted by molar-refractivity contribution is 6.06. The topological polar surface area (TPSA) is 127 Å². The number of esters is 1. The molecule has 0 radical (unpaired) electrons. The molecule has 3 aromatic rings. The number of hydrogen-bond acceptors (Lipinski definition) is 6. The molecule has 0 saturated carbocycles. The molecule has 2 heterocycles. The standard InChI is InChI=1S/C17H14N4O5.C2H6/c1-9-3-4-12(21(24)25)7-13(9)16(22)19-11-5-10-6-14(17(23)26-2)20-15(10)18-8-11;1-2/h3-8H,1-2H3,(H,18,20)(H,19,22);1-2H3. The Labute approximate surface area is 160 Å². The fraction of sp³-hybridized carbons (Fsp3) is 0.211. The van der Waals surface area contributed by atoms with Crippen molar-refractivity contribution in [3.8, 4) is 0 Å². The van der Waals surface area contributed by atoms with Gasteiger partial charge in [0.1, 0.15) is 11.3 Å². The first-order valence-corrected chi connectivity index (χ1v) is 8.52. The van der Waals surface area contributed by atoms with E-state index in [0.717, 1.165) is 0 Å². The zero-order valence-electron chi connectivity index (χ0n) is 15.9. The quantitative estimate of drug-likeness (QED) is 0.400. The van der Waals surface area contributed by atoms with Gasteiger partial charge in [-0.2, -0.15) is 0 Å². The van der Waals surface area contributed by atoms with Gasteiger partial charge in [0.25, 0.3) is 11.6 Å². The van der Waals surface area contributed by atoms with Gasteiger partial charge in [0, 0.05) is 23.1 Å². The first kappa shape index (κ1) is 20.6. The van der Waals surface area contributed by atoms with Gasteiger partial charge in [-0.3, -0.25) is 14.9 Å². The van der Waals surface area contributed by atoms with E-state index in [1.807, 2.05) is 13.8 Å². The Morgan fingerprint density at radius 2 is 1.93 bits per heavy atom. The number of hydrogen-bond donors (Lipinski definition) is 2. The van der Waals surface area contributed by atoms with E-state index < -0.39 is 16.8 Å². The Hall–Kier alpha value is -3.75. The van der Waals surface area contributed by atoms with Gasteiger partial charge in [0.05, 0.1) is 23.9 Å². The van der Waals surface area contributed by atoms with Crippen LogP contribution in [0, 0.1) is 17.0 Å². The van der Waals surface area contributed by atoms with Crippen LogP contribution in [0.3, 0.4) is 0 Å². The lowest BCUT2D eigenvalue weighted by molar-refractivity contribution is -0.384. The van der Waals surface area contributed by atoms with Crippen LogP contribution >= 0.6 is 0 Å². The maximum absolute atomic E-state index is 12.5. The molecule has 28 heavy (non-hydrogen) atoms. The normalized spacial score (nSPS) is 10.0. The van der Waals surface area contributed by atoms with E-state index in [2.05, 4.69) is 20.0 Å². The number of pyridine rings is 1. The largest absolute Gasteiger partial charge is 0.464 e. The summed E-state index contributed by atoms with van der Waals surface area (Å²) in [5.41, 5.74) is 1.75. The van der Waals surface area contributed by atoms with Crippen LogP contribution in [0.1, 0.15) is 40.3 Å². The van der Waals surface area contributed by atoms with E-state index in [4.69, 9.17) is 0 Å². The summed E-state index contributed by atoms with van der Waals surface area (Å²) in [5.74, 6) is -1.02. The minimum absolute atomic E-state index is 0.164. The van der Waals surface area contributed by atoms with Crippen LogP contribution in [-0.4, -0.2) is 33.9 Å². The molecule has 0 aliphatic rings. The number of rotatable bonds is 4. The van der Waals surface area contributed by atoms with Crippen molar-refractivity contribution in [3.05, 3.63) is 63.5 Å². The maximum atomic E-state index is 12.5. The number of carbonyl (C=O) groups excluding carboxylic acids is 2. The van der Waals surface area contributed by atoms with Crippen molar-refractivity contribution >= 4 is 34.3 Å². The summed E-state index contributed by atoms with van der Waals surface area (Å²) >= 11 is 0. The van der Waals surface area contributed by atoms with E-state index >= 15 is 0 Å². The summed E-state index contributed by atoms with van der Waals surface area (Å²) in [6.07, 6.45) is 1.42. The van der Waals surface area contributed by atoms with Crippen molar-refractivity contribution in [1.82, 2.24) is 9.97 Å². The maximum Gasteiger partial charge on any atom is 0.354 e. The third-order valence-electron chi connectivity index (χ3n) is 3.81. The van der Waals surface area contributed by atoms with Crippen molar-refractivity contribution in [1.29, 1.82) is 0 Å². The fourth-order valence-corrected chi connectivity index (χ4v) is 2.47. The number of nitro groups is 1. The van der Waals surface area contributed by atoms with Gasteiger partial charge in [0.15, 0.2) is 0 Å². The summed E-state index contributed by atoms with van der Waals surface area (Å²) in [5, 5.41) is 14.2. The number of carbonyl (C=O) groups is 2. The molecule has 0 bridgehead atoms. The van der Waals surface area contributed by atoms with E-state index in [0.29, 0.717) is 22.3 Å². The summed E-state index contributed by atoms with van der Waals surface area (Å²) in [6, 6.07) is 7.28. The van der Waals surface area contributed by atoms with Gasteiger partial charge in [-0.05, 0) is 24.6 Å². The van der Waals surface area contributed by atoms with E-state index in [1.165, 1.54) is 31.5 Å². The molecule has 0 unspecified atom stereocenters. The Morgan fingerprint density at radius 1 is 1.21 bits per heavy atom. The molecule has 2 N–H and O–H groups in total. The molecule has 146 valence electrons. The lowest BCUT2D eigenvalue weighted by Crippen LogP contribution is -2.13. The predicted octanol–water partition coefficient (Wildman–Crippen LogP) is 3.84. The predicted molar refractivity (Wildman–Crippen MR) is 105 cm³/mol. The zero-order valence-corrected chi connectivity index (χ0v) is 15.9. The number of fused-ring (bicyclic) bond motifs is 1. The Balaban J connectivity index is 0.00000136. The summed E-state index contributed by atoms with van der Waals surface area (Å²) in [4.78, 5) is 41.3. The molecular weight excluding hydrogens is 364 g/mol. The first-order chi connectivity index (χ1) is 13.4. The number of aromatic amines is 1. The van der Waals surface area contributed by atoms with Crippen LogP contribution in [0.2, 0.25) is 0 Å². The Bertz CT molecular complexity index is 1040. The number of nitro benzene ring substituents is 1. The van der Waals surface area contributed by atoms with Crippen LogP contribution in [0.25, 0.3) is 11.0 Å². The highest BCUT2D eigenvalue weighted by atomic mass is 16.6. The Kier molecular flexibility index (Phi) is 6.43. The van der Waals surface area contributed by atoms with E-state index in [1.54, 1.807) is 19.1 Å². The third-order valence-corrected chi connectivity index (χ3v) is 3.81. The number of H-pyrrole nitrogens is 1. The second kappa shape index (κ2) is 8.76. The molecule has 2 aromatic heterocycles. The van der Waals surface area contributed by atoms with E-state index in [9.17, 15) is 19.7 Å². The molecular formula is C19H20N4O5. The highest BCUT2D eigenvalue weighted by Crippen LogP contribution is 2.21. The van der Waals surface area contributed by atoms with Crippen molar-refractivity contribution in [2.24, 2.45) is 0 Å². The lowest BCUT2D eigenvalue weighted by atomic mass is 10.1. The second-order valence-electron chi connectivity index (χ2n) is 5.55. The smallest absolute Gasteiger partial charge is 0.354 e. The number of methoxy groups -OCH3 is 1. The average molecular weight is 384 g/mol. The number of aryl methyl sites for hydroxylation is 1. The van der Waals surface area contributed by atoms with Gasteiger partial charge in [-0.15, -0.1) is 0 Å². The molecule has 0 aliphatic heterocycles. The summed E-state index contributed by atoms with van der Waals surface area (Å²) in [6.45, 7) is 5.69. The monoisotopic (exact) mass is 384 g/mol. The third kappa shape index (κ3) is 4.32. The van der Waals surface area contributed by atoms with Gasteiger partial charge in [0.2, 0.25) is 0 Å². The van der Waals surface area contributed by atoms with Crippen molar-refractivity contribution < 1.29 is 19.2 Å². The van der Waals surface area contributed by atoms with Gasteiger partial charge in [-0.25, -0.2) is 9.78 Å². The minimum atomic E-state index is -0.558. The summed E-state index contributed by atoms with van der Waals surface area (Å²) in [7, 11) is 1.27. The van der Waals surface area contributed by atoms with Gasteiger partial charge in [-0.1, -0.05) is 19.9 Å². The van der Waals surface area contributed by atoms with Crippen LogP contribution < -0.4 is 5.32 Å². The number of anilines is 1. The average Bonchev–Trinajstić information content (AvgIpc) is 3.12. The SMILES string of the molecule is CC.COC(=O)c1cc2cc(NC(=O)c3cc([N+](=O)[O-])ccc3C)cnc2[nH]1. The molecule has 9 heteroatoms. The highest BCUT2D eigenvalue weighted by Gasteiger charge is 2.16. The number of ether oxygens (including phenoxy) is 1. The molecule has 1 aromatic carbocycles. The number of benzene rings is 1. The van der Waals surface area contributed by atoms with Crippen LogP contribution in [0.4, 0.5) is 11.4 Å². The number of non-ortho nitro benzene ring substituents is 1. The Morgan fingerprint density at radius 3 is 2.57 bits per heavy atom. The molecule has 0 spiro atoms. The molecule has 0 aliphatic carbocycles. The minimum Gasteiger partial charge on any atom is -0.464 e. The molecule has 1 amide bonds. The number of nitrogens with zero attached hydrogens (tertiary/aromatic N) is 2. The second-order valence-corrected chi connectivity index (χ2v) is 5.55. The van der Waals surface area contributed by atoms with Gasteiger partial charge >= 0.3 is 5.97 Å². The zero-order chi connectivity index (χ0) is 20.8. The molecule has 0 atom stereocenters. The van der Waals surface area contributed by atoms with E-state index in [-0.39, 0.29) is 16.9 Å². The van der Waals surface area contributed by atoms with Crippen LogP contribution in [-0.2, 0) is 4.74 Å². The van der Waals surface area contributed by atoms with Crippen LogP contribution in [0.5, 0.6) is 0 Å². The van der Waals surface area contributed by atoms with Gasteiger partial charge < -0.3 is 15.0 Å². The molecule has 9 nitrogen and oxygen atoms in total. The fourth-order valence-electron chi connectivity index (χ4n) is 2.47. The van der Waals surface area contributed by atoms with Crippen LogP contribution in [0.15, 0.2) is 36.5 Å². The number of amides is 1. The van der Waals surface area contributed by atoms with Crippen molar-refractivity contribution in [2.75, 3.05) is 12.4 Å². The lowest BCUT2D eigenvalue weighted by Gasteiger charge is -2.07.